The molecule has 5 nitrogen and oxygen atoms in total. The molecule has 9 heteroatoms. The zero-order chi connectivity index (χ0) is 22.7. The standard InChI is InChI=1S/C23H18BrF3N2O3/c1-30-17-6-7-21-18(12-17)23(28-29(21)13-14-2-4-15(25)5-3-14)32-9-8-31-22-19(24)10-16(26)11-20(22)27/h2-7,10-12H,8-9,13H2,1H3. The van der Waals surface area contributed by atoms with Crippen molar-refractivity contribution in [3.8, 4) is 17.4 Å². The van der Waals surface area contributed by atoms with Crippen molar-refractivity contribution in [2.24, 2.45) is 0 Å². The van der Waals surface area contributed by atoms with Crippen molar-refractivity contribution >= 4 is 26.8 Å². The number of fused-ring (bicyclic) bond motifs is 1. The normalized spacial score (nSPS) is 11.0. The molecule has 0 amide bonds. The summed E-state index contributed by atoms with van der Waals surface area (Å²) in [7, 11) is 1.56. The van der Waals surface area contributed by atoms with Gasteiger partial charge in [-0.1, -0.05) is 12.1 Å². The largest absolute Gasteiger partial charge is 0.497 e. The third-order valence-corrected chi connectivity index (χ3v) is 5.29. The molecule has 0 N–H and O–H groups in total. The zero-order valence-electron chi connectivity index (χ0n) is 16.9. The lowest BCUT2D eigenvalue weighted by Crippen LogP contribution is -2.11. The van der Waals surface area contributed by atoms with Gasteiger partial charge in [-0.05, 0) is 57.9 Å². The molecule has 0 atom stereocenters. The highest BCUT2D eigenvalue weighted by Gasteiger charge is 2.15. The van der Waals surface area contributed by atoms with Crippen molar-refractivity contribution in [1.82, 2.24) is 9.78 Å². The van der Waals surface area contributed by atoms with Crippen molar-refractivity contribution < 1.29 is 27.4 Å². The van der Waals surface area contributed by atoms with Crippen LogP contribution in [-0.2, 0) is 6.54 Å². The second-order valence-corrected chi connectivity index (χ2v) is 7.72. The quantitative estimate of drug-likeness (QED) is 0.286. The van der Waals surface area contributed by atoms with Crippen molar-refractivity contribution in [3.63, 3.8) is 0 Å². The van der Waals surface area contributed by atoms with Gasteiger partial charge in [0, 0.05) is 6.07 Å². The topological polar surface area (TPSA) is 45.5 Å². The molecule has 4 rings (SSSR count). The predicted octanol–water partition coefficient (Wildman–Crippen LogP) is 5.73. The number of nitrogens with zero attached hydrogens (tertiary/aromatic N) is 2. The Labute approximate surface area is 190 Å². The van der Waals surface area contributed by atoms with Crippen molar-refractivity contribution in [2.75, 3.05) is 20.3 Å². The molecule has 0 saturated heterocycles. The van der Waals surface area contributed by atoms with Crippen LogP contribution in [0.4, 0.5) is 13.2 Å². The smallest absolute Gasteiger partial charge is 0.241 e. The lowest BCUT2D eigenvalue weighted by Gasteiger charge is -2.10. The fourth-order valence-corrected chi connectivity index (χ4v) is 3.72. The van der Waals surface area contributed by atoms with Crippen LogP contribution in [0, 0.1) is 17.5 Å². The molecule has 0 spiro atoms. The molecule has 0 bridgehead atoms. The second-order valence-electron chi connectivity index (χ2n) is 6.87. The molecule has 3 aromatic carbocycles. The summed E-state index contributed by atoms with van der Waals surface area (Å²) in [5, 5.41) is 5.25. The third-order valence-electron chi connectivity index (χ3n) is 4.70. The van der Waals surface area contributed by atoms with Crippen LogP contribution in [0.5, 0.6) is 17.4 Å². The van der Waals surface area contributed by atoms with Crippen molar-refractivity contribution in [3.05, 3.63) is 82.1 Å². The molecule has 1 heterocycles. The van der Waals surface area contributed by atoms with Crippen LogP contribution >= 0.6 is 15.9 Å². The van der Waals surface area contributed by atoms with Gasteiger partial charge in [0.1, 0.15) is 30.6 Å². The van der Waals surface area contributed by atoms with Crippen molar-refractivity contribution in [2.45, 2.75) is 6.54 Å². The Hall–Kier alpha value is -3.20. The average Bonchev–Trinajstić information content (AvgIpc) is 3.10. The molecule has 4 aromatic rings. The van der Waals surface area contributed by atoms with Gasteiger partial charge < -0.3 is 14.2 Å². The number of hydrogen-bond donors (Lipinski definition) is 0. The van der Waals surface area contributed by atoms with Gasteiger partial charge in [0.25, 0.3) is 0 Å². The lowest BCUT2D eigenvalue weighted by molar-refractivity contribution is 0.205. The molecular weight excluding hydrogens is 489 g/mol. The van der Waals surface area contributed by atoms with Gasteiger partial charge in [-0.15, -0.1) is 5.10 Å². The zero-order valence-corrected chi connectivity index (χ0v) is 18.5. The minimum atomic E-state index is -0.810. The van der Waals surface area contributed by atoms with Gasteiger partial charge in [-0.2, -0.15) is 0 Å². The highest BCUT2D eigenvalue weighted by molar-refractivity contribution is 9.10. The lowest BCUT2D eigenvalue weighted by atomic mass is 10.2. The number of methoxy groups -OCH3 is 1. The van der Waals surface area contributed by atoms with Gasteiger partial charge in [-0.3, -0.25) is 4.68 Å². The summed E-state index contributed by atoms with van der Waals surface area (Å²) < 4.78 is 58.8. The predicted molar refractivity (Wildman–Crippen MR) is 117 cm³/mol. The van der Waals surface area contributed by atoms with Crippen LogP contribution in [0.15, 0.2) is 59.1 Å². The summed E-state index contributed by atoms with van der Waals surface area (Å²) in [6.07, 6.45) is 0. The monoisotopic (exact) mass is 506 g/mol. The Morgan fingerprint density at radius 3 is 2.38 bits per heavy atom. The molecule has 1 aromatic heterocycles. The molecule has 166 valence electrons. The molecule has 32 heavy (non-hydrogen) atoms. The molecule has 0 radical (unpaired) electrons. The van der Waals surface area contributed by atoms with E-state index in [4.69, 9.17) is 14.2 Å². The average molecular weight is 507 g/mol. The van der Waals surface area contributed by atoms with Crippen LogP contribution in [0.3, 0.4) is 0 Å². The van der Waals surface area contributed by atoms with E-state index in [1.165, 1.54) is 12.1 Å². The first-order chi connectivity index (χ1) is 15.4. The summed E-state index contributed by atoms with van der Waals surface area (Å²) in [5.74, 6) is -0.929. The SMILES string of the molecule is COc1ccc2c(c1)c(OCCOc1c(F)cc(F)cc1Br)nn2Cc1ccc(F)cc1. The fraction of sp³-hybridized carbons (Fsp3) is 0.174. The molecular formula is C23H18BrF3N2O3. The summed E-state index contributed by atoms with van der Waals surface area (Å²) in [6, 6.07) is 13.5. The summed E-state index contributed by atoms with van der Waals surface area (Å²) >= 11 is 3.08. The minimum absolute atomic E-state index is 0.0113. The van der Waals surface area contributed by atoms with E-state index in [2.05, 4.69) is 21.0 Å². The highest BCUT2D eigenvalue weighted by Crippen LogP contribution is 2.31. The molecule has 0 unspecified atom stereocenters. The van der Waals surface area contributed by atoms with Crippen molar-refractivity contribution in [1.29, 1.82) is 0 Å². The first-order valence-electron chi connectivity index (χ1n) is 9.63. The van der Waals surface area contributed by atoms with Gasteiger partial charge in [-0.25, -0.2) is 13.2 Å². The van der Waals surface area contributed by atoms with E-state index in [1.807, 2.05) is 12.1 Å². The van der Waals surface area contributed by atoms with Gasteiger partial charge >= 0.3 is 0 Å². The Balaban J connectivity index is 1.52. The summed E-state index contributed by atoms with van der Waals surface area (Å²) in [6.45, 7) is 0.497. The minimum Gasteiger partial charge on any atom is -0.497 e. The van der Waals surface area contributed by atoms with Gasteiger partial charge in [0.05, 0.1) is 29.0 Å². The van der Waals surface area contributed by atoms with E-state index >= 15 is 0 Å². The van der Waals surface area contributed by atoms with Gasteiger partial charge in [0.2, 0.25) is 5.88 Å². The Bertz CT molecular complexity index is 1220. The summed E-state index contributed by atoms with van der Waals surface area (Å²) in [5.41, 5.74) is 1.68. The molecule has 0 aliphatic carbocycles. The van der Waals surface area contributed by atoms with E-state index < -0.39 is 11.6 Å². The van der Waals surface area contributed by atoms with Crippen LogP contribution in [0.25, 0.3) is 10.9 Å². The first-order valence-corrected chi connectivity index (χ1v) is 10.4. The highest BCUT2D eigenvalue weighted by atomic mass is 79.9. The maximum Gasteiger partial charge on any atom is 0.241 e. The maximum absolute atomic E-state index is 13.9. The van der Waals surface area contributed by atoms with Crippen LogP contribution in [0.1, 0.15) is 5.56 Å². The summed E-state index contributed by atoms with van der Waals surface area (Å²) in [4.78, 5) is 0. The van der Waals surface area contributed by atoms with E-state index in [9.17, 15) is 13.2 Å². The van der Waals surface area contributed by atoms with Crippen LogP contribution in [-0.4, -0.2) is 30.1 Å². The molecule has 0 saturated carbocycles. The van der Waals surface area contributed by atoms with E-state index in [-0.39, 0.29) is 29.3 Å². The Morgan fingerprint density at radius 1 is 0.906 bits per heavy atom. The number of aromatic nitrogens is 2. The Kier molecular flexibility index (Phi) is 6.55. The molecule has 0 aliphatic heterocycles. The van der Waals surface area contributed by atoms with E-state index in [1.54, 1.807) is 30.0 Å². The third kappa shape index (κ3) is 4.83. The Morgan fingerprint density at radius 2 is 1.66 bits per heavy atom. The number of hydrogen-bond acceptors (Lipinski definition) is 4. The molecule has 0 aliphatic rings. The van der Waals surface area contributed by atoms with Crippen LogP contribution in [0.2, 0.25) is 0 Å². The fourth-order valence-electron chi connectivity index (χ4n) is 3.19. The van der Waals surface area contributed by atoms with E-state index in [0.29, 0.717) is 18.2 Å². The number of halogens is 4. The number of benzene rings is 3. The van der Waals surface area contributed by atoms with Gasteiger partial charge in [0.15, 0.2) is 11.6 Å². The maximum atomic E-state index is 13.9. The molecule has 0 fully saturated rings. The number of rotatable bonds is 8. The second kappa shape index (κ2) is 9.52. The first kappa shape index (κ1) is 22.0. The van der Waals surface area contributed by atoms with Crippen LogP contribution < -0.4 is 14.2 Å². The van der Waals surface area contributed by atoms with E-state index in [0.717, 1.165) is 28.6 Å². The number of ether oxygens (including phenoxy) is 3.